The van der Waals surface area contributed by atoms with E-state index >= 15 is 0 Å². The molecule has 0 saturated carbocycles. The molecule has 0 aromatic carbocycles. The van der Waals surface area contributed by atoms with Crippen molar-refractivity contribution >= 4 is 5.91 Å². The molecule has 4 heteroatoms. The van der Waals surface area contributed by atoms with Crippen molar-refractivity contribution in [3.05, 3.63) is 30.1 Å². The van der Waals surface area contributed by atoms with Gasteiger partial charge in [-0.2, -0.15) is 0 Å². The van der Waals surface area contributed by atoms with Crippen molar-refractivity contribution in [2.75, 3.05) is 6.54 Å². The minimum atomic E-state index is -0.683. The lowest BCUT2D eigenvalue weighted by molar-refractivity contribution is -0.124. The average Bonchev–Trinajstić information content (AvgIpc) is 2.37. The first kappa shape index (κ1) is 16.6. The first-order valence-electron chi connectivity index (χ1n) is 7.33. The fourth-order valence-corrected chi connectivity index (χ4v) is 2.60. The van der Waals surface area contributed by atoms with Crippen LogP contribution in [-0.2, 0) is 10.2 Å². The molecule has 1 rings (SSSR count). The van der Waals surface area contributed by atoms with Crippen LogP contribution in [0.4, 0.5) is 0 Å². The minimum Gasteiger partial charge on any atom is -0.369 e. The van der Waals surface area contributed by atoms with Crippen molar-refractivity contribution < 1.29 is 4.79 Å². The predicted molar refractivity (Wildman–Crippen MR) is 82.3 cm³/mol. The van der Waals surface area contributed by atoms with E-state index in [-0.39, 0.29) is 5.91 Å². The van der Waals surface area contributed by atoms with Crippen LogP contribution >= 0.6 is 0 Å². The minimum absolute atomic E-state index is 0.282. The Morgan fingerprint density at radius 2 is 2.05 bits per heavy atom. The molecule has 0 saturated heterocycles. The van der Waals surface area contributed by atoms with E-state index in [0.717, 1.165) is 18.7 Å². The van der Waals surface area contributed by atoms with Gasteiger partial charge in [-0.25, -0.2) is 0 Å². The molecule has 1 amide bonds. The van der Waals surface area contributed by atoms with E-state index in [4.69, 9.17) is 5.73 Å². The number of amides is 1. The molecule has 1 aromatic heterocycles. The lowest BCUT2D eigenvalue weighted by atomic mass is 9.73. The Kier molecular flexibility index (Phi) is 6.14. The Morgan fingerprint density at radius 1 is 1.35 bits per heavy atom. The summed E-state index contributed by atoms with van der Waals surface area (Å²) in [6.07, 6.45) is 3.12. The normalized spacial score (nSPS) is 14.5. The molecule has 0 aliphatic rings. The molecule has 0 aliphatic heterocycles. The number of primary amides is 1. The van der Waals surface area contributed by atoms with E-state index in [2.05, 4.69) is 38.0 Å². The zero-order valence-corrected chi connectivity index (χ0v) is 13.0. The SMILES string of the molecule is CC(C)C[C@](CCNC(C)C)(C(N)=O)c1ccccn1. The van der Waals surface area contributed by atoms with E-state index in [0.29, 0.717) is 18.4 Å². The molecule has 0 fully saturated rings. The monoisotopic (exact) mass is 277 g/mol. The molecule has 3 N–H and O–H groups in total. The fourth-order valence-electron chi connectivity index (χ4n) is 2.60. The Balaban J connectivity index is 3.05. The molecule has 112 valence electrons. The second-order valence-electron chi connectivity index (χ2n) is 6.12. The quantitative estimate of drug-likeness (QED) is 0.765. The summed E-state index contributed by atoms with van der Waals surface area (Å²) in [7, 11) is 0. The highest BCUT2D eigenvalue weighted by Crippen LogP contribution is 2.33. The lowest BCUT2D eigenvalue weighted by Gasteiger charge is -2.32. The Labute approximate surface area is 122 Å². The van der Waals surface area contributed by atoms with Crippen molar-refractivity contribution in [2.45, 2.75) is 52.0 Å². The van der Waals surface area contributed by atoms with Gasteiger partial charge in [0.05, 0.1) is 11.1 Å². The summed E-state index contributed by atoms with van der Waals surface area (Å²) in [5.41, 5.74) is 5.86. The number of hydrogen-bond donors (Lipinski definition) is 2. The molecule has 20 heavy (non-hydrogen) atoms. The van der Waals surface area contributed by atoms with Crippen LogP contribution in [0.25, 0.3) is 0 Å². The summed E-state index contributed by atoms with van der Waals surface area (Å²) in [4.78, 5) is 16.6. The van der Waals surface area contributed by atoms with Crippen LogP contribution in [0.5, 0.6) is 0 Å². The maximum absolute atomic E-state index is 12.2. The summed E-state index contributed by atoms with van der Waals surface area (Å²) < 4.78 is 0. The van der Waals surface area contributed by atoms with Gasteiger partial charge >= 0.3 is 0 Å². The molecular formula is C16H27N3O. The Morgan fingerprint density at radius 3 is 2.50 bits per heavy atom. The van der Waals surface area contributed by atoms with Crippen LogP contribution in [0.15, 0.2) is 24.4 Å². The number of pyridine rings is 1. The third kappa shape index (κ3) is 4.30. The number of carbonyl (C=O) groups is 1. The van der Waals surface area contributed by atoms with Crippen LogP contribution in [-0.4, -0.2) is 23.5 Å². The largest absolute Gasteiger partial charge is 0.369 e. The smallest absolute Gasteiger partial charge is 0.229 e. The van der Waals surface area contributed by atoms with Crippen LogP contribution in [0, 0.1) is 5.92 Å². The first-order chi connectivity index (χ1) is 9.38. The van der Waals surface area contributed by atoms with E-state index in [1.807, 2.05) is 18.2 Å². The molecule has 0 unspecified atom stereocenters. The van der Waals surface area contributed by atoms with Gasteiger partial charge in [0.1, 0.15) is 0 Å². The van der Waals surface area contributed by atoms with Gasteiger partial charge in [0.15, 0.2) is 0 Å². The van der Waals surface area contributed by atoms with E-state index < -0.39 is 5.41 Å². The van der Waals surface area contributed by atoms with Crippen molar-refractivity contribution in [2.24, 2.45) is 11.7 Å². The van der Waals surface area contributed by atoms with Crippen LogP contribution < -0.4 is 11.1 Å². The van der Waals surface area contributed by atoms with Crippen molar-refractivity contribution in [3.8, 4) is 0 Å². The highest BCUT2D eigenvalue weighted by molar-refractivity contribution is 5.86. The topological polar surface area (TPSA) is 68.0 Å². The summed E-state index contributed by atoms with van der Waals surface area (Å²) >= 11 is 0. The number of nitrogens with two attached hydrogens (primary N) is 1. The second-order valence-corrected chi connectivity index (χ2v) is 6.12. The summed E-state index contributed by atoms with van der Waals surface area (Å²) in [6, 6.07) is 6.07. The lowest BCUT2D eigenvalue weighted by Crippen LogP contribution is -2.45. The zero-order valence-electron chi connectivity index (χ0n) is 13.0. The zero-order chi connectivity index (χ0) is 15.2. The number of aromatic nitrogens is 1. The summed E-state index contributed by atoms with van der Waals surface area (Å²) in [5, 5.41) is 3.36. The number of hydrogen-bond acceptors (Lipinski definition) is 3. The fraction of sp³-hybridized carbons (Fsp3) is 0.625. The number of nitrogens with zero attached hydrogens (tertiary/aromatic N) is 1. The van der Waals surface area contributed by atoms with Crippen LogP contribution in [0.2, 0.25) is 0 Å². The van der Waals surface area contributed by atoms with Gasteiger partial charge in [0.2, 0.25) is 5.91 Å². The molecule has 1 heterocycles. The standard InChI is InChI=1S/C16H27N3O/c1-12(2)11-16(15(17)20,8-10-18-13(3)4)14-7-5-6-9-19-14/h5-7,9,12-13,18H,8,10-11H2,1-4H3,(H2,17,20)/t16-/m0/s1. The van der Waals surface area contributed by atoms with Gasteiger partial charge in [0, 0.05) is 12.2 Å². The summed E-state index contributed by atoms with van der Waals surface area (Å²) in [6.45, 7) is 9.15. The average molecular weight is 277 g/mol. The van der Waals surface area contributed by atoms with E-state index in [1.165, 1.54) is 0 Å². The second kappa shape index (κ2) is 7.39. The van der Waals surface area contributed by atoms with Gasteiger partial charge in [-0.05, 0) is 37.4 Å². The Hall–Kier alpha value is -1.42. The van der Waals surface area contributed by atoms with Crippen molar-refractivity contribution in [1.29, 1.82) is 0 Å². The van der Waals surface area contributed by atoms with Gasteiger partial charge in [0.25, 0.3) is 0 Å². The molecule has 0 radical (unpaired) electrons. The maximum Gasteiger partial charge on any atom is 0.229 e. The highest BCUT2D eigenvalue weighted by atomic mass is 16.1. The first-order valence-corrected chi connectivity index (χ1v) is 7.33. The number of carbonyl (C=O) groups excluding carboxylic acids is 1. The van der Waals surface area contributed by atoms with Crippen LogP contribution in [0.3, 0.4) is 0 Å². The van der Waals surface area contributed by atoms with Crippen LogP contribution in [0.1, 0.15) is 46.2 Å². The maximum atomic E-state index is 12.2. The molecule has 0 bridgehead atoms. The van der Waals surface area contributed by atoms with Gasteiger partial charge < -0.3 is 11.1 Å². The number of nitrogens with one attached hydrogen (secondary N) is 1. The highest BCUT2D eigenvalue weighted by Gasteiger charge is 2.39. The molecule has 1 aromatic rings. The van der Waals surface area contributed by atoms with Gasteiger partial charge in [-0.15, -0.1) is 0 Å². The molecule has 4 nitrogen and oxygen atoms in total. The molecular weight excluding hydrogens is 250 g/mol. The van der Waals surface area contributed by atoms with E-state index in [1.54, 1.807) is 6.20 Å². The summed E-state index contributed by atoms with van der Waals surface area (Å²) in [5.74, 6) is 0.0963. The molecule has 0 aliphatic carbocycles. The molecule has 1 atom stereocenters. The predicted octanol–water partition coefficient (Wildman–Crippen LogP) is 2.24. The van der Waals surface area contributed by atoms with Gasteiger partial charge in [-0.1, -0.05) is 33.8 Å². The molecule has 0 spiro atoms. The van der Waals surface area contributed by atoms with Crippen molar-refractivity contribution in [1.82, 2.24) is 10.3 Å². The Bertz CT molecular complexity index is 417. The third-order valence-corrected chi connectivity index (χ3v) is 3.49. The number of rotatable bonds is 8. The van der Waals surface area contributed by atoms with E-state index in [9.17, 15) is 4.79 Å². The third-order valence-electron chi connectivity index (χ3n) is 3.49. The van der Waals surface area contributed by atoms with Crippen molar-refractivity contribution in [3.63, 3.8) is 0 Å². The van der Waals surface area contributed by atoms with Gasteiger partial charge in [-0.3, -0.25) is 9.78 Å².